The van der Waals surface area contributed by atoms with Crippen molar-refractivity contribution in [1.29, 1.82) is 0 Å². The van der Waals surface area contributed by atoms with Crippen molar-refractivity contribution in [1.82, 2.24) is 0 Å². The quantitative estimate of drug-likeness (QED) is 0.701. The molecule has 0 amide bonds. The van der Waals surface area contributed by atoms with E-state index >= 15 is 0 Å². The molecule has 0 N–H and O–H groups in total. The smallest absolute Gasteiger partial charge is 0.369 e. The standard InChI is InChI=1S/C14H19ClF3N/c1-5-13(2,3)19(4)11-7-6-10(9-15)12(8-11)14(16,17)18/h6-8H,5,9H2,1-4H3. The van der Waals surface area contributed by atoms with Gasteiger partial charge in [0.05, 0.1) is 5.56 Å². The van der Waals surface area contributed by atoms with Gasteiger partial charge in [0.1, 0.15) is 0 Å². The maximum absolute atomic E-state index is 13.0. The Morgan fingerprint density at radius 1 is 1.21 bits per heavy atom. The van der Waals surface area contributed by atoms with Crippen LogP contribution >= 0.6 is 11.6 Å². The number of hydrogen-bond acceptors (Lipinski definition) is 1. The van der Waals surface area contributed by atoms with Crippen LogP contribution < -0.4 is 4.90 Å². The fourth-order valence-electron chi connectivity index (χ4n) is 1.74. The third-order valence-corrected chi connectivity index (χ3v) is 3.99. The maximum atomic E-state index is 13.0. The monoisotopic (exact) mass is 293 g/mol. The topological polar surface area (TPSA) is 3.24 Å². The minimum absolute atomic E-state index is 0.112. The second-order valence-electron chi connectivity index (χ2n) is 5.20. The van der Waals surface area contributed by atoms with E-state index < -0.39 is 11.7 Å². The average Bonchev–Trinajstić information content (AvgIpc) is 2.36. The summed E-state index contributed by atoms with van der Waals surface area (Å²) in [4.78, 5) is 1.86. The summed E-state index contributed by atoms with van der Waals surface area (Å²) in [6, 6.07) is 4.31. The molecule has 1 aromatic rings. The Bertz CT molecular complexity index is 441. The van der Waals surface area contributed by atoms with Crippen molar-refractivity contribution in [2.45, 2.75) is 44.8 Å². The van der Waals surface area contributed by atoms with E-state index in [0.29, 0.717) is 5.69 Å². The summed E-state index contributed by atoms with van der Waals surface area (Å²) in [5.41, 5.74) is -0.196. The summed E-state index contributed by atoms with van der Waals surface area (Å²) in [5, 5.41) is 0. The lowest BCUT2D eigenvalue weighted by Gasteiger charge is -2.37. The largest absolute Gasteiger partial charge is 0.416 e. The van der Waals surface area contributed by atoms with E-state index in [4.69, 9.17) is 11.6 Å². The molecule has 0 fully saturated rings. The van der Waals surface area contributed by atoms with Gasteiger partial charge in [-0.3, -0.25) is 0 Å². The Balaban J connectivity index is 3.26. The summed E-state index contributed by atoms with van der Waals surface area (Å²) in [5.74, 6) is -0.143. The van der Waals surface area contributed by atoms with E-state index in [9.17, 15) is 13.2 Å². The highest BCUT2D eigenvalue weighted by atomic mass is 35.5. The highest BCUT2D eigenvalue weighted by Crippen LogP contribution is 2.36. The molecule has 19 heavy (non-hydrogen) atoms. The van der Waals surface area contributed by atoms with Gasteiger partial charge in [-0.15, -0.1) is 11.6 Å². The highest BCUT2D eigenvalue weighted by molar-refractivity contribution is 6.17. The third kappa shape index (κ3) is 3.56. The predicted octanol–water partition coefficient (Wildman–Crippen LogP) is 5.07. The Kier molecular flexibility index (Phi) is 4.77. The normalized spacial score (nSPS) is 12.6. The van der Waals surface area contributed by atoms with Gasteiger partial charge in [-0.25, -0.2) is 0 Å². The molecule has 0 aliphatic rings. The van der Waals surface area contributed by atoms with Crippen LogP contribution in [0.15, 0.2) is 18.2 Å². The summed E-state index contributed by atoms with van der Waals surface area (Å²) >= 11 is 5.57. The second-order valence-corrected chi connectivity index (χ2v) is 5.47. The van der Waals surface area contributed by atoms with Gasteiger partial charge < -0.3 is 4.90 Å². The molecule has 0 bridgehead atoms. The molecule has 0 aliphatic heterocycles. The van der Waals surface area contributed by atoms with E-state index in [0.717, 1.165) is 6.42 Å². The van der Waals surface area contributed by atoms with Crippen molar-refractivity contribution >= 4 is 17.3 Å². The van der Waals surface area contributed by atoms with Gasteiger partial charge in [-0.1, -0.05) is 13.0 Å². The molecule has 0 saturated carbocycles. The number of rotatable bonds is 4. The van der Waals surface area contributed by atoms with Crippen LogP contribution in [-0.4, -0.2) is 12.6 Å². The molecular weight excluding hydrogens is 275 g/mol. The molecule has 1 aromatic carbocycles. The molecule has 0 aromatic heterocycles. The Labute approximate surface area is 117 Å². The maximum Gasteiger partial charge on any atom is 0.416 e. The predicted molar refractivity (Wildman–Crippen MR) is 73.8 cm³/mol. The van der Waals surface area contributed by atoms with Crippen molar-refractivity contribution < 1.29 is 13.2 Å². The van der Waals surface area contributed by atoms with Crippen LogP contribution in [0.4, 0.5) is 18.9 Å². The average molecular weight is 294 g/mol. The molecular formula is C14H19ClF3N. The van der Waals surface area contributed by atoms with Gasteiger partial charge in [-0.2, -0.15) is 13.2 Å². The van der Waals surface area contributed by atoms with Crippen LogP contribution in [0.3, 0.4) is 0 Å². The zero-order chi connectivity index (χ0) is 14.8. The molecule has 0 aliphatic carbocycles. The van der Waals surface area contributed by atoms with E-state index in [-0.39, 0.29) is 17.0 Å². The lowest BCUT2D eigenvalue weighted by Crippen LogP contribution is -2.40. The van der Waals surface area contributed by atoms with Gasteiger partial charge in [0, 0.05) is 24.2 Å². The van der Waals surface area contributed by atoms with Crippen molar-refractivity contribution in [3.05, 3.63) is 29.3 Å². The van der Waals surface area contributed by atoms with Crippen molar-refractivity contribution in [2.75, 3.05) is 11.9 Å². The lowest BCUT2D eigenvalue weighted by molar-refractivity contribution is -0.138. The number of anilines is 1. The van der Waals surface area contributed by atoms with E-state index in [1.165, 1.54) is 12.1 Å². The fourth-order valence-corrected chi connectivity index (χ4v) is 1.97. The molecule has 0 spiro atoms. The first-order valence-electron chi connectivity index (χ1n) is 6.13. The van der Waals surface area contributed by atoms with Gasteiger partial charge in [0.25, 0.3) is 0 Å². The van der Waals surface area contributed by atoms with Gasteiger partial charge in [0.15, 0.2) is 0 Å². The highest BCUT2D eigenvalue weighted by Gasteiger charge is 2.34. The van der Waals surface area contributed by atoms with E-state index in [1.54, 1.807) is 13.1 Å². The first-order chi connectivity index (χ1) is 8.63. The number of nitrogens with zero attached hydrogens (tertiary/aromatic N) is 1. The SMILES string of the molecule is CCC(C)(C)N(C)c1ccc(CCl)c(C(F)(F)F)c1. The van der Waals surface area contributed by atoms with Gasteiger partial charge in [-0.05, 0) is 38.0 Å². The zero-order valence-electron chi connectivity index (χ0n) is 11.6. The summed E-state index contributed by atoms with van der Waals surface area (Å²) < 4.78 is 38.9. The summed E-state index contributed by atoms with van der Waals surface area (Å²) in [6.07, 6.45) is -3.54. The van der Waals surface area contributed by atoms with Crippen LogP contribution in [0, 0.1) is 0 Å². The minimum Gasteiger partial charge on any atom is -0.369 e. The molecule has 1 nitrogen and oxygen atoms in total. The molecule has 0 unspecified atom stereocenters. The van der Waals surface area contributed by atoms with Crippen LogP contribution in [0.5, 0.6) is 0 Å². The molecule has 0 atom stereocenters. The zero-order valence-corrected chi connectivity index (χ0v) is 12.4. The van der Waals surface area contributed by atoms with Crippen LogP contribution in [0.2, 0.25) is 0 Å². The van der Waals surface area contributed by atoms with E-state index in [1.807, 2.05) is 25.7 Å². The van der Waals surface area contributed by atoms with Gasteiger partial charge in [0.2, 0.25) is 0 Å². The van der Waals surface area contributed by atoms with Crippen molar-refractivity contribution in [3.63, 3.8) is 0 Å². The molecule has 108 valence electrons. The van der Waals surface area contributed by atoms with Gasteiger partial charge >= 0.3 is 6.18 Å². The lowest BCUT2D eigenvalue weighted by atomic mass is 9.98. The van der Waals surface area contributed by atoms with E-state index in [2.05, 4.69) is 0 Å². The minimum atomic E-state index is -4.38. The van der Waals surface area contributed by atoms with Crippen molar-refractivity contribution in [2.24, 2.45) is 0 Å². The number of hydrogen-bond donors (Lipinski definition) is 0. The molecule has 5 heteroatoms. The molecule has 0 saturated heterocycles. The molecule has 0 heterocycles. The number of benzene rings is 1. The Hall–Kier alpha value is -0.900. The summed E-state index contributed by atoms with van der Waals surface area (Å²) in [6.45, 7) is 6.00. The van der Waals surface area contributed by atoms with Crippen LogP contribution in [-0.2, 0) is 12.1 Å². The Morgan fingerprint density at radius 3 is 2.21 bits per heavy atom. The first kappa shape index (κ1) is 16.2. The van der Waals surface area contributed by atoms with Crippen LogP contribution in [0.25, 0.3) is 0 Å². The van der Waals surface area contributed by atoms with Crippen molar-refractivity contribution in [3.8, 4) is 0 Å². The Morgan fingerprint density at radius 2 is 1.79 bits per heavy atom. The fraction of sp³-hybridized carbons (Fsp3) is 0.571. The first-order valence-corrected chi connectivity index (χ1v) is 6.67. The second kappa shape index (κ2) is 5.61. The molecule has 1 rings (SSSR count). The third-order valence-electron chi connectivity index (χ3n) is 3.70. The number of alkyl halides is 4. The number of halogens is 4. The molecule has 0 radical (unpaired) electrons. The van der Waals surface area contributed by atoms with Crippen LogP contribution in [0.1, 0.15) is 38.3 Å². The summed E-state index contributed by atoms with van der Waals surface area (Å²) in [7, 11) is 1.80.